The zero-order valence-corrected chi connectivity index (χ0v) is 21.8. The van der Waals surface area contributed by atoms with Crippen molar-refractivity contribution in [3.8, 4) is 5.75 Å². The highest BCUT2D eigenvalue weighted by atomic mass is 16.5. The lowest BCUT2D eigenvalue weighted by Crippen LogP contribution is -2.47. The lowest BCUT2D eigenvalue weighted by atomic mass is 9.73. The van der Waals surface area contributed by atoms with Crippen LogP contribution in [0.4, 0.5) is 0 Å². The summed E-state index contributed by atoms with van der Waals surface area (Å²) in [4.78, 5) is 17.4. The number of amides is 1. The van der Waals surface area contributed by atoms with E-state index in [1.54, 1.807) is 0 Å². The van der Waals surface area contributed by atoms with Crippen LogP contribution < -0.4 is 4.74 Å². The van der Waals surface area contributed by atoms with E-state index in [1.165, 1.54) is 29.7 Å². The van der Waals surface area contributed by atoms with Crippen LogP contribution >= 0.6 is 0 Å². The molecule has 186 valence electrons. The van der Waals surface area contributed by atoms with Crippen molar-refractivity contribution in [2.24, 2.45) is 5.41 Å². The van der Waals surface area contributed by atoms with Crippen molar-refractivity contribution in [3.63, 3.8) is 0 Å². The molecule has 0 N–H and O–H groups in total. The highest BCUT2D eigenvalue weighted by Crippen LogP contribution is 2.39. The van der Waals surface area contributed by atoms with Gasteiger partial charge in [0.25, 0.3) is 5.91 Å². The molecule has 0 radical (unpaired) electrons. The maximum Gasteiger partial charge on any atom is 0.260 e. The van der Waals surface area contributed by atoms with Crippen LogP contribution in [0.15, 0.2) is 24.3 Å². The average Bonchev–Trinajstić information content (AvgIpc) is 3.10. The number of fused-ring (bicyclic) bond motifs is 1. The molecule has 2 aliphatic heterocycles. The van der Waals surface area contributed by atoms with Gasteiger partial charge in [-0.3, -0.25) is 14.4 Å². The standard InChI is InChI=1S/C28H42N4O2/c1-21(2)32-23(4)25(22(3)29-32)18-31-16-14-28(15-17-31)13-9-8-11-24-10-6-7-12-26(24)34-19-27(33)30(5)20-28/h6-7,10,12,21H,8-9,11,13-20H2,1-5H3. The lowest BCUT2D eigenvalue weighted by Gasteiger charge is -2.44. The Kier molecular flexibility index (Phi) is 7.66. The number of hydrogen-bond donors (Lipinski definition) is 0. The molecule has 4 rings (SSSR count). The first-order chi connectivity index (χ1) is 16.3. The minimum absolute atomic E-state index is 0.0736. The average molecular weight is 467 g/mol. The number of carbonyl (C=O) groups excluding carboxylic acids is 1. The van der Waals surface area contributed by atoms with Crippen molar-refractivity contribution in [1.29, 1.82) is 0 Å². The Bertz CT molecular complexity index is 988. The Morgan fingerprint density at radius 1 is 1.09 bits per heavy atom. The van der Waals surface area contributed by atoms with E-state index >= 15 is 0 Å². The molecule has 2 aliphatic rings. The van der Waals surface area contributed by atoms with Crippen molar-refractivity contribution in [3.05, 3.63) is 46.8 Å². The summed E-state index contributed by atoms with van der Waals surface area (Å²) in [6, 6.07) is 8.55. The maximum absolute atomic E-state index is 12.9. The summed E-state index contributed by atoms with van der Waals surface area (Å²) in [5.74, 6) is 0.934. The number of likely N-dealkylation sites (N-methyl/N-ethyl adjacent to an activating group) is 1. The molecule has 6 nitrogen and oxygen atoms in total. The Morgan fingerprint density at radius 2 is 1.82 bits per heavy atom. The second-order valence-electron chi connectivity index (χ2n) is 10.8. The van der Waals surface area contributed by atoms with Gasteiger partial charge in [-0.25, -0.2) is 0 Å². The minimum atomic E-state index is 0.0736. The van der Waals surface area contributed by atoms with Crippen molar-refractivity contribution in [2.75, 3.05) is 33.3 Å². The third-order valence-electron chi connectivity index (χ3n) is 7.99. The van der Waals surface area contributed by atoms with Gasteiger partial charge < -0.3 is 9.64 Å². The van der Waals surface area contributed by atoms with E-state index in [9.17, 15) is 4.79 Å². The van der Waals surface area contributed by atoms with E-state index < -0.39 is 0 Å². The molecular weight excluding hydrogens is 424 g/mol. The second-order valence-corrected chi connectivity index (χ2v) is 10.8. The monoisotopic (exact) mass is 466 g/mol. The van der Waals surface area contributed by atoms with Crippen molar-refractivity contribution < 1.29 is 9.53 Å². The molecule has 1 saturated heterocycles. The Labute approximate surface area is 205 Å². The Morgan fingerprint density at radius 3 is 2.53 bits per heavy atom. The molecule has 1 spiro atoms. The fourth-order valence-electron chi connectivity index (χ4n) is 5.83. The van der Waals surface area contributed by atoms with Gasteiger partial charge in [-0.05, 0) is 89.9 Å². The van der Waals surface area contributed by atoms with E-state index in [0.717, 1.165) is 63.3 Å². The predicted octanol–water partition coefficient (Wildman–Crippen LogP) is 4.93. The minimum Gasteiger partial charge on any atom is -0.483 e. The number of aryl methyl sites for hydroxylation is 2. The summed E-state index contributed by atoms with van der Waals surface area (Å²) in [6.07, 6.45) is 6.83. The topological polar surface area (TPSA) is 50.6 Å². The first-order valence-electron chi connectivity index (χ1n) is 13.0. The van der Waals surface area contributed by atoms with E-state index in [2.05, 4.69) is 49.4 Å². The highest BCUT2D eigenvalue weighted by Gasteiger charge is 2.36. The van der Waals surface area contributed by atoms with Gasteiger partial charge in [0.05, 0.1) is 5.69 Å². The van der Waals surface area contributed by atoms with E-state index in [-0.39, 0.29) is 17.9 Å². The van der Waals surface area contributed by atoms with Gasteiger partial charge in [0.1, 0.15) is 5.75 Å². The van der Waals surface area contributed by atoms with E-state index in [4.69, 9.17) is 9.84 Å². The van der Waals surface area contributed by atoms with Gasteiger partial charge in [-0.1, -0.05) is 24.6 Å². The molecule has 2 aromatic rings. The number of rotatable bonds is 3. The molecule has 1 aromatic carbocycles. The first-order valence-corrected chi connectivity index (χ1v) is 13.0. The number of benzene rings is 1. The van der Waals surface area contributed by atoms with E-state index in [0.29, 0.717) is 6.04 Å². The Hall–Kier alpha value is -2.34. The summed E-state index contributed by atoms with van der Waals surface area (Å²) in [6.45, 7) is 12.8. The van der Waals surface area contributed by atoms with Gasteiger partial charge in [-0.2, -0.15) is 5.10 Å². The van der Waals surface area contributed by atoms with Gasteiger partial charge >= 0.3 is 0 Å². The van der Waals surface area contributed by atoms with Crippen LogP contribution in [-0.2, 0) is 17.8 Å². The summed E-state index contributed by atoms with van der Waals surface area (Å²) in [7, 11) is 1.95. The molecule has 0 saturated carbocycles. The summed E-state index contributed by atoms with van der Waals surface area (Å²) < 4.78 is 8.09. The summed E-state index contributed by atoms with van der Waals surface area (Å²) in [5, 5.41) is 4.79. The third-order valence-corrected chi connectivity index (χ3v) is 7.99. The smallest absolute Gasteiger partial charge is 0.260 e. The van der Waals surface area contributed by atoms with Crippen LogP contribution in [0.1, 0.15) is 74.5 Å². The van der Waals surface area contributed by atoms with Gasteiger partial charge in [0.15, 0.2) is 6.61 Å². The van der Waals surface area contributed by atoms with Crippen LogP contribution in [0.3, 0.4) is 0 Å². The zero-order chi connectivity index (χ0) is 24.3. The molecule has 0 bridgehead atoms. The number of carbonyl (C=O) groups is 1. The predicted molar refractivity (Wildman–Crippen MR) is 136 cm³/mol. The first kappa shape index (κ1) is 24.8. The third kappa shape index (κ3) is 5.48. The van der Waals surface area contributed by atoms with Crippen LogP contribution in [0.25, 0.3) is 0 Å². The summed E-state index contributed by atoms with van der Waals surface area (Å²) >= 11 is 0. The molecule has 6 heteroatoms. The van der Waals surface area contributed by atoms with Gasteiger partial charge in [0, 0.05) is 37.4 Å². The molecule has 1 amide bonds. The fraction of sp³-hybridized carbons (Fsp3) is 0.643. The van der Waals surface area contributed by atoms with Crippen molar-refractivity contribution in [2.45, 2.75) is 78.8 Å². The molecule has 0 unspecified atom stereocenters. The summed E-state index contributed by atoms with van der Waals surface area (Å²) in [5.41, 5.74) is 5.25. The quantitative estimate of drug-likeness (QED) is 0.644. The van der Waals surface area contributed by atoms with Gasteiger partial charge in [0.2, 0.25) is 0 Å². The molecule has 0 atom stereocenters. The fourth-order valence-corrected chi connectivity index (χ4v) is 5.83. The SMILES string of the molecule is Cc1nn(C(C)C)c(C)c1CN1CCC2(CCCCc3ccccc3OCC(=O)N(C)C2)CC1. The van der Waals surface area contributed by atoms with Crippen molar-refractivity contribution >= 4 is 5.91 Å². The number of hydrogen-bond acceptors (Lipinski definition) is 4. The number of ether oxygens (including phenoxy) is 1. The molecule has 1 aromatic heterocycles. The van der Waals surface area contributed by atoms with Crippen LogP contribution in [0.5, 0.6) is 5.75 Å². The number of piperidine rings is 1. The van der Waals surface area contributed by atoms with Crippen LogP contribution in [-0.4, -0.2) is 58.8 Å². The molecular formula is C28H42N4O2. The van der Waals surface area contributed by atoms with Crippen molar-refractivity contribution in [1.82, 2.24) is 19.6 Å². The molecule has 3 heterocycles. The normalized spacial score (nSPS) is 20.1. The van der Waals surface area contributed by atoms with Crippen LogP contribution in [0.2, 0.25) is 0 Å². The lowest BCUT2D eigenvalue weighted by molar-refractivity contribution is -0.134. The zero-order valence-electron chi connectivity index (χ0n) is 21.8. The maximum atomic E-state index is 12.9. The Balaban J connectivity index is 1.43. The van der Waals surface area contributed by atoms with E-state index in [1.807, 2.05) is 24.1 Å². The van der Waals surface area contributed by atoms with Crippen LogP contribution in [0, 0.1) is 19.3 Å². The number of aromatic nitrogens is 2. The largest absolute Gasteiger partial charge is 0.483 e. The molecule has 1 fully saturated rings. The number of nitrogens with zero attached hydrogens (tertiary/aromatic N) is 4. The second kappa shape index (κ2) is 10.5. The molecule has 34 heavy (non-hydrogen) atoms. The number of likely N-dealkylation sites (tertiary alicyclic amines) is 1. The highest BCUT2D eigenvalue weighted by molar-refractivity contribution is 5.77. The van der Waals surface area contributed by atoms with Gasteiger partial charge in [-0.15, -0.1) is 0 Å². The molecule has 0 aliphatic carbocycles. The number of para-hydroxylation sites is 1.